The smallest absolute Gasteiger partial charge is 0.244 e. The van der Waals surface area contributed by atoms with Gasteiger partial charge in [0.15, 0.2) is 0 Å². The fraction of sp³-hybridized carbons (Fsp3) is 0.421. The zero-order valence-electron chi connectivity index (χ0n) is 15.6. The second-order valence-electron chi connectivity index (χ2n) is 6.95. The van der Waals surface area contributed by atoms with Crippen LogP contribution >= 0.6 is 11.6 Å². The second-order valence-corrected chi connectivity index (χ2v) is 7.38. The van der Waals surface area contributed by atoms with E-state index in [1.807, 2.05) is 6.92 Å². The topological polar surface area (TPSA) is 99.7 Å². The fourth-order valence-electron chi connectivity index (χ4n) is 3.16. The highest BCUT2D eigenvalue weighted by molar-refractivity contribution is 6.30. The van der Waals surface area contributed by atoms with Gasteiger partial charge in [0.25, 0.3) is 0 Å². The van der Waals surface area contributed by atoms with Gasteiger partial charge in [-0.3, -0.25) is 14.3 Å². The predicted octanol–water partition coefficient (Wildman–Crippen LogP) is 1.40. The number of morpholine rings is 1. The maximum atomic E-state index is 12.7. The van der Waals surface area contributed by atoms with Crippen LogP contribution in [0.2, 0.25) is 5.02 Å². The van der Waals surface area contributed by atoms with Gasteiger partial charge in [0.05, 0.1) is 25.8 Å². The molecule has 2 heterocycles. The zero-order valence-corrected chi connectivity index (χ0v) is 16.4. The van der Waals surface area contributed by atoms with Crippen LogP contribution in [0.4, 0.5) is 0 Å². The Hall–Kier alpha value is -2.58. The molecule has 0 saturated carbocycles. The van der Waals surface area contributed by atoms with Gasteiger partial charge >= 0.3 is 0 Å². The number of carbonyl (C=O) groups excluding carboxylic acids is 2. The average molecular weight is 407 g/mol. The average Bonchev–Trinajstić information content (AvgIpc) is 3.05. The number of halogens is 1. The number of hydrogen-bond acceptors (Lipinski definition) is 5. The van der Waals surface area contributed by atoms with Crippen molar-refractivity contribution >= 4 is 23.4 Å². The third-order valence-corrected chi connectivity index (χ3v) is 4.72. The Labute approximate surface area is 168 Å². The fourth-order valence-corrected chi connectivity index (χ4v) is 3.28. The Morgan fingerprint density at radius 2 is 2.11 bits per heavy atom. The lowest BCUT2D eigenvalue weighted by molar-refractivity contribution is -0.162. The quantitative estimate of drug-likeness (QED) is 0.749. The third kappa shape index (κ3) is 5.24. The molecular formula is C19H23ClN4O4. The second kappa shape index (κ2) is 8.62. The molecule has 0 spiro atoms. The maximum Gasteiger partial charge on any atom is 0.244 e. The Bertz CT molecular complexity index is 839. The number of ether oxygens (including phenoxy) is 2. The number of amides is 2. The molecule has 3 rings (SSSR count). The van der Waals surface area contributed by atoms with Crippen LogP contribution in [-0.2, 0) is 20.9 Å². The number of primary amides is 1. The van der Waals surface area contributed by atoms with Crippen LogP contribution in [0, 0.1) is 6.92 Å². The monoisotopic (exact) mass is 406 g/mol. The molecule has 2 amide bonds. The van der Waals surface area contributed by atoms with Crippen LogP contribution in [0.25, 0.3) is 0 Å². The first-order chi connectivity index (χ1) is 13.3. The molecule has 2 aromatic rings. The van der Waals surface area contributed by atoms with E-state index in [1.54, 1.807) is 46.2 Å². The van der Waals surface area contributed by atoms with Crippen LogP contribution in [0.5, 0.6) is 5.75 Å². The first kappa shape index (κ1) is 20.2. The molecule has 2 N–H and O–H groups in total. The van der Waals surface area contributed by atoms with E-state index in [-0.39, 0.29) is 32.0 Å². The molecule has 150 valence electrons. The number of carbonyl (C=O) groups is 2. The predicted molar refractivity (Wildman–Crippen MR) is 103 cm³/mol. The van der Waals surface area contributed by atoms with Crippen LogP contribution < -0.4 is 10.5 Å². The van der Waals surface area contributed by atoms with Gasteiger partial charge in [-0.15, -0.1) is 0 Å². The molecule has 8 nitrogen and oxygen atoms in total. The van der Waals surface area contributed by atoms with Gasteiger partial charge in [0.2, 0.25) is 11.8 Å². The van der Waals surface area contributed by atoms with Crippen LogP contribution in [0.3, 0.4) is 0 Å². The van der Waals surface area contributed by atoms with Crippen molar-refractivity contribution in [2.24, 2.45) is 5.73 Å². The SMILES string of the molecule is Cc1cnn(CC(=O)N2CCO[C@](COc3ccc(Cl)cc3)(CC(N)=O)C2)c1. The number of nitrogens with zero attached hydrogens (tertiary/aromatic N) is 3. The van der Waals surface area contributed by atoms with Crippen LogP contribution in [0.15, 0.2) is 36.7 Å². The van der Waals surface area contributed by atoms with E-state index in [2.05, 4.69) is 5.10 Å². The molecule has 1 atom stereocenters. The first-order valence-corrected chi connectivity index (χ1v) is 9.30. The van der Waals surface area contributed by atoms with Gasteiger partial charge in [-0.1, -0.05) is 11.6 Å². The zero-order chi connectivity index (χ0) is 20.1. The molecule has 1 aromatic carbocycles. The summed E-state index contributed by atoms with van der Waals surface area (Å²) in [5, 5.41) is 4.74. The lowest BCUT2D eigenvalue weighted by Gasteiger charge is -2.42. The molecule has 1 aromatic heterocycles. The standard InChI is InChI=1S/C19H23ClN4O4/c1-14-9-22-24(10-14)11-18(26)23-6-7-28-19(12-23,8-17(21)25)13-27-16-4-2-15(20)3-5-16/h2-5,9-10H,6-8,11-13H2,1H3,(H2,21,25)/t19-/m1/s1. The Kier molecular flexibility index (Phi) is 6.21. The highest BCUT2D eigenvalue weighted by atomic mass is 35.5. The first-order valence-electron chi connectivity index (χ1n) is 8.93. The molecule has 1 aliphatic rings. The number of aromatic nitrogens is 2. The molecule has 0 bridgehead atoms. The minimum Gasteiger partial charge on any atom is -0.490 e. The number of rotatable bonds is 7. The Balaban J connectivity index is 1.69. The molecular weight excluding hydrogens is 384 g/mol. The summed E-state index contributed by atoms with van der Waals surface area (Å²) in [6.45, 7) is 3.06. The van der Waals surface area contributed by atoms with Gasteiger partial charge in [-0.05, 0) is 36.8 Å². The molecule has 0 unspecified atom stereocenters. The lowest BCUT2D eigenvalue weighted by Crippen LogP contribution is -2.58. The minimum absolute atomic E-state index is 0.0503. The van der Waals surface area contributed by atoms with E-state index in [4.69, 9.17) is 26.8 Å². The minimum atomic E-state index is -1.00. The van der Waals surface area contributed by atoms with Gasteiger partial charge in [0.1, 0.15) is 24.5 Å². The summed E-state index contributed by atoms with van der Waals surface area (Å²) in [4.78, 5) is 26.0. The molecule has 9 heteroatoms. The van der Waals surface area contributed by atoms with Crippen molar-refractivity contribution < 1.29 is 19.1 Å². The number of nitrogens with two attached hydrogens (primary N) is 1. The van der Waals surface area contributed by atoms with E-state index >= 15 is 0 Å². The maximum absolute atomic E-state index is 12.7. The van der Waals surface area contributed by atoms with Crippen LogP contribution in [0.1, 0.15) is 12.0 Å². The van der Waals surface area contributed by atoms with E-state index in [0.29, 0.717) is 23.9 Å². The van der Waals surface area contributed by atoms with Crippen molar-refractivity contribution in [3.05, 3.63) is 47.2 Å². The van der Waals surface area contributed by atoms with E-state index < -0.39 is 11.5 Å². The normalized spacial score (nSPS) is 19.4. The summed E-state index contributed by atoms with van der Waals surface area (Å²) in [6, 6.07) is 6.88. The van der Waals surface area contributed by atoms with Gasteiger partial charge in [-0.2, -0.15) is 5.10 Å². The van der Waals surface area contributed by atoms with Gasteiger partial charge < -0.3 is 20.1 Å². The third-order valence-electron chi connectivity index (χ3n) is 4.47. The lowest BCUT2D eigenvalue weighted by atomic mass is 9.97. The molecule has 0 aliphatic carbocycles. The van der Waals surface area contributed by atoms with Crippen molar-refractivity contribution in [1.82, 2.24) is 14.7 Å². The molecule has 28 heavy (non-hydrogen) atoms. The molecule has 0 radical (unpaired) electrons. The van der Waals surface area contributed by atoms with Crippen LogP contribution in [-0.4, -0.2) is 58.4 Å². The van der Waals surface area contributed by atoms with Crippen molar-refractivity contribution in [3.8, 4) is 5.75 Å². The van der Waals surface area contributed by atoms with Crippen molar-refractivity contribution in [2.75, 3.05) is 26.3 Å². The highest BCUT2D eigenvalue weighted by Gasteiger charge is 2.41. The molecule has 1 fully saturated rings. The van der Waals surface area contributed by atoms with Gasteiger partial charge in [-0.25, -0.2) is 0 Å². The number of aryl methyl sites for hydroxylation is 1. The van der Waals surface area contributed by atoms with Crippen molar-refractivity contribution in [2.45, 2.75) is 25.5 Å². The summed E-state index contributed by atoms with van der Waals surface area (Å²) in [6.07, 6.45) is 3.45. The van der Waals surface area contributed by atoms with Crippen molar-refractivity contribution in [3.63, 3.8) is 0 Å². The number of benzene rings is 1. The van der Waals surface area contributed by atoms with E-state index in [1.165, 1.54) is 0 Å². The summed E-state index contributed by atoms with van der Waals surface area (Å²) in [5.74, 6) is -0.0317. The molecule has 1 saturated heterocycles. The summed E-state index contributed by atoms with van der Waals surface area (Å²) < 4.78 is 13.3. The highest BCUT2D eigenvalue weighted by Crippen LogP contribution is 2.25. The summed E-state index contributed by atoms with van der Waals surface area (Å²) >= 11 is 5.89. The molecule has 1 aliphatic heterocycles. The number of hydrogen-bond donors (Lipinski definition) is 1. The largest absolute Gasteiger partial charge is 0.490 e. The summed E-state index contributed by atoms with van der Waals surface area (Å²) in [7, 11) is 0. The van der Waals surface area contributed by atoms with Crippen molar-refractivity contribution in [1.29, 1.82) is 0 Å². The summed E-state index contributed by atoms with van der Waals surface area (Å²) in [5.41, 5.74) is 5.42. The van der Waals surface area contributed by atoms with E-state index in [9.17, 15) is 9.59 Å². The van der Waals surface area contributed by atoms with Gasteiger partial charge in [0, 0.05) is 17.8 Å². The Morgan fingerprint density at radius 1 is 1.36 bits per heavy atom. The Morgan fingerprint density at radius 3 is 2.75 bits per heavy atom. The van der Waals surface area contributed by atoms with E-state index in [0.717, 1.165) is 5.56 Å².